The molecule has 0 fully saturated rings. The van der Waals surface area contributed by atoms with Crippen LogP contribution in [0.5, 0.6) is 0 Å². The van der Waals surface area contributed by atoms with Gasteiger partial charge in [0, 0.05) is 23.0 Å². The lowest BCUT2D eigenvalue weighted by molar-refractivity contribution is -0.137. The van der Waals surface area contributed by atoms with Gasteiger partial charge in [-0.15, -0.1) is 0 Å². The number of aryl methyl sites for hydroxylation is 1. The normalized spacial score (nSPS) is 11.0. The highest BCUT2D eigenvalue weighted by Crippen LogP contribution is 2.30. The highest BCUT2D eigenvalue weighted by molar-refractivity contribution is 6.04. The standard InChI is InChI=1S/C21H14F3N3O2/c1-12-5-6-16(9-17(12)18-7-13(10-25)11-26-20(18)29)27-19(28)14-3-2-4-15(8-14)21(22,23)24/h2-9,11H,1H3,(H,26,29)(H,27,28). The summed E-state index contributed by atoms with van der Waals surface area (Å²) in [7, 11) is 0. The number of nitrogens with one attached hydrogen (secondary N) is 2. The maximum absolute atomic E-state index is 12.9. The summed E-state index contributed by atoms with van der Waals surface area (Å²) in [5.41, 5.74) is 0.547. The minimum atomic E-state index is -4.56. The van der Waals surface area contributed by atoms with Gasteiger partial charge in [-0.2, -0.15) is 18.4 Å². The van der Waals surface area contributed by atoms with Crippen molar-refractivity contribution in [2.75, 3.05) is 5.32 Å². The zero-order valence-electron chi connectivity index (χ0n) is 15.1. The molecule has 0 saturated carbocycles. The summed E-state index contributed by atoms with van der Waals surface area (Å²) >= 11 is 0. The molecule has 146 valence electrons. The van der Waals surface area contributed by atoms with Crippen LogP contribution in [-0.2, 0) is 6.18 Å². The summed E-state index contributed by atoms with van der Waals surface area (Å²) in [4.78, 5) is 27.1. The van der Waals surface area contributed by atoms with Gasteiger partial charge in [-0.3, -0.25) is 9.59 Å². The molecular weight excluding hydrogens is 383 g/mol. The second kappa shape index (κ2) is 7.64. The van der Waals surface area contributed by atoms with Crippen molar-refractivity contribution < 1.29 is 18.0 Å². The van der Waals surface area contributed by atoms with Crippen LogP contribution in [0.3, 0.4) is 0 Å². The van der Waals surface area contributed by atoms with Crippen LogP contribution in [0.25, 0.3) is 11.1 Å². The number of carbonyl (C=O) groups excluding carboxylic acids is 1. The average Bonchev–Trinajstić information content (AvgIpc) is 2.69. The van der Waals surface area contributed by atoms with Crippen LogP contribution >= 0.6 is 0 Å². The average molecular weight is 397 g/mol. The molecule has 3 aromatic rings. The number of rotatable bonds is 3. The van der Waals surface area contributed by atoms with Crippen LogP contribution in [0.2, 0.25) is 0 Å². The largest absolute Gasteiger partial charge is 0.416 e. The number of aromatic nitrogens is 1. The molecule has 0 radical (unpaired) electrons. The molecule has 0 saturated heterocycles. The van der Waals surface area contributed by atoms with Gasteiger partial charge in [-0.05, 0) is 54.4 Å². The van der Waals surface area contributed by atoms with Gasteiger partial charge in [0.2, 0.25) is 0 Å². The molecule has 0 aliphatic heterocycles. The molecule has 0 unspecified atom stereocenters. The van der Waals surface area contributed by atoms with Crippen molar-refractivity contribution in [3.8, 4) is 17.2 Å². The number of nitrogens with zero attached hydrogens (tertiary/aromatic N) is 1. The number of nitriles is 1. The Morgan fingerprint density at radius 3 is 2.55 bits per heavy atom. The third-order valence-electron chi connectivity index (χ3n) is 4.27. The highest BCUT2D eigenvalue weighted by Gasteiger charge is 2.30. The fourth-order valence-electron chi connectivity index (χ4n) is 2.78. The molecule has 1 heterocycles. The molecule has 0 aliphatic rings. The Morgan fingerprint density at radius 1 is 1.10 bits per heavy atom. The molecular formula is C21H14F3N3O2. The molecule has 0 atom stereocenters. The van der Waals surface area contributed by atoms with Gasteiger partial charge < -0.3 is 10.3 Å². The first-order valence-electron chi connectivity index (χ1n) is 8.41. The van der Waals surface area contributed by atoms with E-state index in [2.05, 4.69) is 10.3 Å². The summed E-state index contributed by atoms with van der Waals surface area (Å²) in [6, 6.07) is 12.2. The van der Waals surface area contributed by atoms with Gasteiger partial charge in [-0.1, -0.05) is 12.1 Å². The van der Waals surface area contributed by atoms with Gasteiger partial charge in [0.15, 0.2) is 0 Å². The van der Waals surface area contributed by atoms with Gasteiger partial charge in [0.1, 0.15) is 6.07 Å². The number of carbonyl (C=O) groups is 1. The lowest BCUT2D eigenvalue weighted by Gasteiger charge is -2.12. The van der Waals surface area contributed by atoms with E-state index in [9.17, 15) is 22.8 Å². The Bertz CT molecular complexity index is 1190. The lowest BCUT2D eigenvalue weighted by atomic mass is 10.00. The van der Waals surface area contributed by atoms with Gasteiger partial charge in [-0.25, -0.2) is 0 Å². The van der Waals surface area contributed by atoms with Crippen LogP contribution in [0.4, 0.5) is 18.9 Å². The molecule has 2 N–H and O–H groups in total. The number of alkyl halides is 3. The zero-order chi connectivity index (χ0) is 21.2. The Labute approximate surface area is 163 Å². The molecule has 8 heteroatoms. The van der Waals surface area contributed by atoms with Gasteiger partial charge >= 0.3 is 6.18 Å². The maximum atomic E-state index is 12.9. The van der Waals surface area contributed by atoms with Crippen LogP contribution in [0.15, 0.2) is 59.5 Å². The number of amides is 1. The van der Waals surface area contributed by atoms with Crippen molar-refractivity contribution >= 4 is 11.6 Å². The number of pyridine rings is 1. The summed E-state index contributed by atoms with van der Waals surface area (Å²) in [6.07, 6.45) is -3.26. The summed E-state index contributed by atoms with van der Waals surface area (Å²) < 4.78 is 38.6. The summed E-state index contributed by atoms with van der Waals surface area (Å²) in [5.74, 6) is -0.717. The van der Waals surface area contributed by atoms with E-state index in [0.717, 1.165) is 23.8 Å². The molecule has 3 rings (SSSR count). The van der Waals surface area contributed by atoms with E-state index in [-0.39, 0.29) is 16.7 Å². The van der Waals surface area contributed by atoms with Gasteiger partial charge in [0.25, 0.3) is 11.5 Å². The quantitative estimate of drug-likeness (QED) is 0.683. The van der Waals surface area contributed by atoms with Crippen molar-refractivity contribution in [1.82, 2.24) is 4.98 Å². The number of benzene rings is 2. The second-order valence-corrected chi connectivity index (χ2v) is 6.31. The predicted octanol–water partition coefficient (Wildman–Crippen LogP) is 4.49. The lowest BCUT2D eigenvalue weighted by Crippen LogP contribution is -2.14. The molecule has 2 aromatic carbocycles. The first kappa shape index (κ1) is 19.9. The van der Waals surface area contributed by atoms with E-state index in [1.165, 1.54) is 24.4 Å². The number of hydrogen-bond donors (Lipinski definition) is 2. The van der Waals surface area contributed by atoms with Crippen LogP contribution in [0.1, 0.15) is 27.0 Å². The molecule has 0 aliphatic carbocycles. The van der Waals surface area contributed by atoms with Crippen LogP contribution < -0.4 is 10.9 Å². The van der Waals surface area contributed by atoms with E-state index in [1.54, 1.807) is 19.1 Å². The van der Waals surface area contributed by atoms with Crippen LogP contribution in [-0.4, -0.2) is 10.9 Å². The van der Waals surface area contributed by atoms with Crippen molar-refractivity contribution in [3.63, 3.8) is 0 Å². The van der Waals surface area contributed by atoms with E-state index in [0.29, 0.717) is 11.3 Å². The summed E-state index contributed by atoms with van der Waals surface area (Å²) in [6.45, 7) is 1.76. The minimum absolute atomic E-state index is 0.147. The number of aromatic amines is 1. The number of H-pyrrole nitrogens is 1. The number of anilines is 1. The Hall–Kier alpha value is -3.86. The van der Waals surface area contributed by atoms with E-state index < -0.39 is 23.2 Å². The van der Waals surface area contributed by atoms with E-state index in [1.807, 2.05) is 6.07 Å². The number of halogens is 3. The van der Waals surface area contributed by atoms with Crippen LogP contribution in [0, 0.1) is 18.3 Å². The Morgan fingerprint density at radius 2 is 1.86 bits per heavy atom. The first-order chi connectivity index (χ1) is 13.7. The van der Waals surface area contributed by atoms with Gasteiger partial charge in [0.05, 0.1) is 11.1 Å². The molecule has 1 aromatic heterocycles. The molecule has 1 amide bonds. The molecule has 0 bridgehead atoms. The van der Waals surface area contributed by atoms with Crippen molar-refractivity contribution in [2.45, 2.75) is 13.1 Å². The minimum Gasteiger partial charge on any atom is -0.327 e. The number of hydrogen-bond acceptors (Lipinski definition) is 3. The maximum Gasteiger partial charge on any atom is 0.416 e. The van der Waals surface area contributed by atoms with Crippen molar-refractivity contribution in [1.29, 1.82) is 5.26 Å². The monoisotopic (exact) mass is 397 g/mol. The Balaban J connectivity index is 1.94. The molecule has 0 spiro atoms. The summed E-state index contributed by atoms with van der Waals surface area (Å²) in [5, 5.41) is 11.6. The predicted molar refractivity (Wildman–Crippen MR) is 101 cm³/mol. The third kappa shape index (κ3) is 4.35. The SMILES string of the molecule is Cc1ccc(NC(=O)c2cccc(C(F)(F)F)c2)cc1-c1cc(C#N)c[nH]c1=O. The molecule has 5 nitrogen and oxygen atoms in total. The van der Waals surface area contributed by atoms with E-state index in [4.69, 9.17) is 5.26 Å². The van der Waals surface area contributed by atoms with Crippen molar-refractivity contribution in [2.24, 2.45) is 0 Å². The third-order valence-corrected chi connectivity index (χ3v) is 4.27. The Kier molecular flexibility index (Phi) is 5.24. The highest BCUT2D eigenvalue weighted by atomic mass is 19.4. The topological polar surface area (TPSA) is 85.8 Å². The second-order valence-electron chi connectivity index (χ2n) is 6.31. The van der Waals surface area contributed by atoms with Crippen molar-refractivity contribution in [3.05, 3.63) is 87.3 Å². The fourth-order valence-corrected chi connectivity index (χ4v) is 2.78. The van der Waals surface area contributed by atoms with E-state index >= 15 is 0 Å². The first-order valence-corrected chi connectivity index (χ1v) is 8.41. The zero-order valence-corrected chi connectivity index (χ0v) is 15.1. The fraction of sp³-hybridized carbons (Fsp3) is 0.0952. The molecule has 29 heavy (non-hydrogen) atoms. The smallest absolute Gasteiger partial charge is 0.327 e.